The third kappa shape index (κ3) is 135. The van der Waals surface area contributed by atoms with Gasteiger partial charge in [0.1, 0.15) is 0 Å². The van der Waals surface area contributed by atoms with E-state index >= 15 is 0 Å². The molecule has 0 spiro atoms. The van der Waals surface area contributed by atoms with E-state index in [1.165, 1.54) is 0 Å². The van der Waals surface area contributed by atoms with E-state index < -0.39 is 15.1 Å². The molecule has 0 aliphatic carbocycles. The van der Waals surface area contributed by atoms with Crippen LogP contribution in [0.2, 0.25) is 0 Å². The molecular weight excluding hydrogens is 184 g/mol. The Hall–Kier alpha value is 1.20. The van der Waals surface area contributed by atoms with Crippen LogP contribution in [0.4, 0.5) is 0 Å². The van der Waals surface area contributed by atoms with Gasteiger partial charge in [-0.1, -0.05) is 20.8 Å². The SMILES string of the molecule is [CH2]C(C)C.[Cl][Zn][Cl]. The second-order valence-electron chi connectivity index (χ2n) is 1.49. The fourth-order valence-corrected chi connectivity index (χ4v) is 0. The van der Waals surface area contributed by atoms with Gasteiger partial charge in [0.15, 0.2) is 0 Å². The Labute approximate surface area is 61.3 Å². The molecule has 7 heavy (non-hydrogen) atoms. The molecule has 0 aromatic rings. The summed E-state index contributed by atoms with van der Waals surface area (Å²) < 4.78 is 0. The van der Waals surface area contributed by atoms with Crippen molar-refractivity contribution in [3.05, 3.63) is 6.92 Å². The Bertz CT molecular complexity index is 20.9. The average molecular weight is 193 g/mol. The van der Waals surface area contributed by atoms with Crippen LogP contribution in [-0.2, 0) is 15.1 Å². The summed E-state index contributed by atoms with van der Waals surface area (Å²) in [7, 11) is 9.90. The Morgan fingerprint density at radius 2 is 1.43 bits per heavy atom. The van der Waals surface area contributed by atoms with Crippen LogP contribution in [0.25, 0.3) is 0 Å². The van der Waals surface area contributed by atoms with Crippen LogP contribution in [0, 0.1) is 12.8 Å². The van der Waals surface area contributed by atoms with Crippen molar-refractivity contribution in [1.82, 2.24) is 0 Å². The third-order valence-electron chi connectivity index (χ3n) is 0. The van der Waals surface area contributed by atoms with Gasteiger partial charge in [-0.2, -0.15) is 0 Å². The van der Waals surface area contributed by atoms with Gasteiger partial charge in [0.05, 0.1) is 0 Å². The number of halogens is 2. The van der Waals surface area contributed by atoms with Crippen LogP contribution in [0.15, 0.2) is 0 Å². The minimum atomic E-state index is -0.931. The average Bonchev–Trinajstić information content (AvgIpc) is 1.33. The van der Waals surface area contributed by atoms with Crippen LogP contribution in [0.5, 0.6) is 0 Å². The van der Waals surface area contributed by atoms with Gasteiger partial charge in [0.2, 0.25) is 0 Å². The zero-order valence-corrected chi connectivity index (χ0v) is 9.23. The molecule has 0 heterocycles. The van der Waals surface area contributed by atoms with E-state index in [-0.39, 0.29) is 0 Å². The quantitative estimate of drug-likeness (QED) is 0.519. The molecule has 0 aromatic heterocycles. The first-order chi connectivity index (χ1) is 3.15. The Kier molecular flexibility index (Phi) is 16.2. The summed E-state index contributed by atoms with van der Waals surface area (Å²) in [5.74, 6) is 0.583. The second-order valence-corrected chi connectivity index (χ2v) is 6.12. The monoisotopic (exact) mass is 191 g/mol. The van der Waals surface area contributed by atoms with E-state index in [1.54, 1.807) is 0 Å². The van der Waals surface area contributed by atoms with Crippen LogP contribution in [0.1, 0.15) is 13.8 Å². The Morgan fingerprint density at radius 3 is 1.43 bits per heavy atom. The van der Waals surface area contributed by atoms with Crippen LogP contribution in [-0.4, -0.2) is 0 Å². The first kappa shape index (κ1) is 11.1. The van der Waals surface area contributed by atoms with Crippen LogP contribution in [0.3, 0.4) is 0 Å². The topological polar surface area (TPSA) is 0 Å². The van der Waals surface area contributed by atoms with Gasteiger partial charge in [-0.25, -0.2) is 0 Å². The summed E-state index contributed by atoms with van der Waals surface area (Å²) >= 11 is -0.931. The number of hydrogen-bond donors (Lipinski definition) is 0. The molecule has 0 nitrogen and oxygen atoms in total. The molecule has 0 N–H and O–H groups in total. The number of rotatable bonds is 0. The molecule has 0 fully saturated rings. The summed E-state index contributed by atoms with van der Waals surface area (Å²) in [6.07, 6.45) is 0. The molecule has 0 saturated carbocycles. The van der Waals surface area contributed by atoms with Gasteiger partial charge < -0.3 is 0 Å². The molecule has 0 rings (SSSR count). The molecule has 0 saturated heterocycles. The van der Waals surface area contributed by atoms with Crippen molar-refractivity contribution in [2.24, 2.45) is 5.92 Å². The predicted octanol–water partition coefficient (Wildman–Crippen LogP) is 2.85. The molecule has 0 atom stereocenters. The van der Waals surface area contributed by atoms with Crippen LogP contribution >= 0.6 is 19.4 Å². The molecule has 0 aliphatic rings. The maximum absolute atomic E-state index is 4.95. The van der Waals surface area contributed by atoms with Crippen molar-refractivity contribution in [3.8, 4) is 0 Å². The van der Waals surface area contributed by atoms with Gasteiger partial charge in [-0.3, -0.25) is 0 Å². The van der Waals surface area contributed by atoms with Crippen molar-refractivity contribution in [2.45, 2.75) is 13.8 Å². The molecule has 0 bridgehead atoms. The molecule has 0 aliphatic heterocycles. The van der Waals surface area contributed by atoms with Crippen molar-refractivity contribution in [3.63, 3.8) is 0 Å². The zero-order valence-electron chi connectivity index (χ0n) is 4.75. The molecule has 0 aromatic carbocycles. The van der Waals surface area contributed by atoms with Crippen LogP contribution < -0.4 is 0 Å². The Morgan fingerprint density at radius 1 is 1.43 bits per heavy atom. The second kappa shape index (κ2) is 10.2. The van der Waals surface area contributed by atoms with E-state index in [9.17, 15) is 0 Å². The first-order valence-corrected chi connectivity index (χ1v) is 9.90. The summed E-state index contributed by atoms with van der Waals surface area (Å²) in [5.41, 5.74) is 0. The first-order valence-electron chi connectivity index (χ1n) is 2.10. The molecule has 41 valence electrons. The molecule has 0 amide bonds. The predicted molar refractivity (Wildman–Crippen MR) is 31.9 cm³/mol. The van der Waals surface area contributed by atoms with Crippen molar-refractivity contribution in [1.29, 1.82) is 0 Å². The molecular formula is C4H9Cl2Zn. The summed E-state index contributed by atoms with van der Waals surface area (Å²) in [4.78, 5) is 0. The zero-order chi connectivity index (χ0) is 6.28. The number of hydrogen-bond acceptors (Lipinski definition) is 0. The standard InChI is InChI=1S/C4H9.2ClH.Zn/c1-4(2)3;;;/h4H,1H2,2-3H3;2*1H;/q;;;+2/p-2. The van der Waals surface area contributed by atoms with Gasteiger partial charge >= 0.3 is 34.5 Å². The third-order valence-corrected chi connectivity index (χ3v) is 0. The summed E-state index contributed by atoms with van der Waals surface area (Å²) in [5, 5.41) is 0. The summed E-state index contributed by atoms with van der Waals surface area (Å²) in [6.45, 7) is 7.75. The molecule has 0 unspecified atom stereocenters. The van der Waals surface area contributed by atoms with Gasteiger partial charge in [0.25, 0.3) is 0 Å². The maximum atomic E-state index is 4.95. The normalized spacial score (nSPS) is 6.57. The summed E-state index contributed by atoms with van der Waals surface area (Å²) in [6, 6.07) is 0. The van der Waals surface area contributed by atoms with Crippen molar-refractivity contribution in [2.75, 3.05) is 0 Å². The van der Waals surface area contributed by atoms with E-state index in [4.69, 9.17) is 19.4 Å². The van der Waals surface area contributed by atoms with Gasteiger partial charge in [-0.05, 0) is 5.92 Å². The van der Waals surface area contributed by atoms with Gasteiger partial charge in [-0.15, -0.1) is 0 Å². The van der Waals surface area contributed by atoms with Crippen molar-refractivity contribution < 1.29 is 15.1 Å². The van der Waals surface area contributed by atoms with Crippen molar-refractivity contribution >= 4 is 19.4 Å². The van der Waals surface area contributed by atoms with Gasteiger partial charge in [0, 0.05) is 0 Å². The van der Waals surface area contributed by atoms with E-state index in [2.05, 4.69) is 20.8 Å². The molecule has 1 radical (unpaired) electrons. The van der Waals surface area contributed by atoms with E-state index in [0.717, 1.165) is 0 Å². The minimum absolute atomic E-state index is 0.583. The van der Waals surface area contributed by atoms with E-state index in [1.807, 2.05) is 0 Å². The van der Waals surface area contributed by atoms with E-state index in [0.29, 0.717) is 5.92 Å². The fraction of sp³-hybridized carbons (Fsp3) is 0.750. The Balaban J connectivity index is 0. The molecule has 3 heteroatoms. The fourth-order valence-electron chi connectivity index (χ4n) is 0.